The lowest BCUT2D eigenvalue weighted by Gasteiger charge is -2.50. The number of fused-ring (bicyclic) bond motifs is 1. The van der Waals surface area contributed by atoms with Crippen LogP contribution in [0, 0.1) is 12.8 Å². The largest absolute Gasteiger partial charge is 0.540 e. The molecular weight excluding hydrogens is 972 g/mol. The number of carbonyl (C=O) groups is 5. The SMILES string of the molecule is [B]OC(=O)C1=C(C[N+]2(CCNC(=O)c3ccc(OCc4ccc(OC)cc4)c(OCc4ccc(OC)cc4)c3Cl)CCCC2)CS[C@@H]2[C@H](CC(=O)/C(=N\OC3(C(=O)O[B])CCC3)c3csc(C)n3)C(=O)N12. The average molecular weight is 1020 g/mol. The molecule has 3 aliphatic heterocycles. The van der Waals surface area contributed by atoms with E-state index in [1.807, 2.05) is 48.5 Å². The van der Waals surface area contributed by atoms with Crippen molar-refractivity contribution in [3.05, 3.63) is 110 Å². The van der Waals surface area contributed by atoms with Crippen LogP contribution in [0.25, 0.3) is 0 Å². The quantitative estimate of drug-likeness (QED) is 0.0319. The summed E-state index contributed by atoms with van der Waals surface area (Å²) in [7, 11) is 13.8. The number of oxime groups is 1. The first-order valence-electron chi connectivity index (χ1n) is 23.0. The third-order valence-corrected chi connectivity index (χ3v) is 15.8. The molecule has 2 saturated heterocycles. The molecule has 1 aliphatic carbocycles. The summed E-state index contributed by atoms with van der Waals surface area (Å²) in [5.41, 5.74) is 1.33. The number of halogens is 1. The van der Waals surface area contributed by atoms with E-state index in [0.717, 1.165) is 37.1 Å². The van der Waals surface area contributed by atoms with Gasteiger partial charge in [-0.3, -0.25) is 19.3 Å². The zero-order valence-corrected chi connectivity index (χ0v) is 41.8. The number of aryl methyl sites for hydroxylation is 1. The third kappa shape index (κ3) is 11.2. The molecule has 368 valence electrons. The number of carbonyl (C=O) groups excluding carboxylic acids is 5. The Morgan fingerprint density at radius 3 is 2.15 bits per heavy atom. The van der Waals surface area contributed by atoms with Gasteiger partial charge in [-0.2, -0.15) is 0 Å². The van der Waals surface area contributed by atoms with Crippen molar-refractivity contribution in [2.24, 2.45) is 11.1 Å². The molecule has 0 bridgehead atoms. The van der Waals surface area contributed by atoms with Gasteiger partial charge in [-0.05, 0) is 60.9 Å². The second-order valence-corrected chi connectivity index (χ2v) is 20.2. The minimum Gasteiger partial charge on any atom is -0.540 e. The number of nitrogens with one attached hydrogen (secondary N) is 1. The van der Waals surface area contributed by atoms with Crippen LogP contribution in [-0.4, -0.2) is 129 Å². The van der Waals surface area contributed by atoms with Crippen molar-refractivity contribution in [3.63, 3.8) is 0 Å². The molecule has 71 heavy (non-hydrogen) atoms. The number of amides is 2. The Hall–Kier alpha value is -6.02. The molecule has 3 fully saturated rings. The second-order valence-electron chi connectivity index (χ2n) is 17.7. The summed E-state index contributed by atoms with van der Waals surface area (Å²) in [5.74, 6) is -1.54. The van der Waals surface area contributed by atoms with Gasteiger partial charge in [0.05, 0.1) is 67.3 Å². The first kappa shape index (κ1) is 51.3. The number of hydrogen-bond acceptors (Lipinski definition) is 16. The third-order valence-electron chi connectivity index (χ3n) is 13.3. The normalized spacial score (nSPS) is 18.8. The molecule has 0 unspecified atom stereocenters. The molecule has 3 aromatic carbocycles. The van der Waals surface area contributed by atoms with Crippen molar-refractivity contribution in [1.82, 2.24) is 15.2 Å². The van der Waals surface area contributed by atoms with E-state index < -0.39 is 46.4 Å². The summed E-state index contributed by atoms with van der Waals surface area (Å²) in [6.45, 7) is 4.80. The Labute approximate surface area is 426 Å². The van der Waals surface area contributed by atoms with E-state index in [0.29, 0.717) is 70.4 Å². The summed E-state index contributed by atoms with van der Waals surface area (Å²) >= 11 is 9.72. The monoisotopic (exact) mass is 1020 g/mol. The lowest BCUT2D eigenvalue weighted by Crippen LogP contribution is -2.63. The Bertz CT molecular complexity index is 2710. The number of thioether (sulfide) groups is 1. The van der Waals surface area contributed by atoms with Crippen molar-refractivity contribution < 1.29 is 61.5 Å². The van der Waals surface area contributed by atoms with Crippen molar-refractivity contribution in [3.8, 4) is 23.0 Å². The van der Waals surface area contributed by atoms with Crippen LogP contribution in [-0.2, 0) is 46.5 Å². The van der Waals surface area contributed by atoms with Gasteiger partial charge in [-0.25, -0.2) is 14.6 Å². The van der Waals surface area contributed by atoms with Crippen molar-refractivity contribution in [2.45, 2.75) is 69.6 Å². The highest BCUT2D eigenvalue weighted by Gasteiger charge is 2.55. The number of ketones is 1. The minimum absolute atomic E-state index is 0.0567. The summed E-state index contributed by atoms with van der Waals surface area (Å²) in [4.78, 5) is 79.3. The number of ether oxygens (including phenoxy) is 4. The first-order valence-corrected chi connectivity index (χ1v) is 25.3. The smallest absolute Gasteiger partial charge is 0.378 e. The molecule has 17 nitrogen and oxygen atoms in total. The number of Topliss-reactive ketones (excluding diaryl/α,β-unsaturated/α-hetero) is 1. The summed E-state index contributed by atoms with van der Waals surface area (Å²) in [6, 6.07) is 18.1. The number of nitrogens with zero attached hydrogens (tertiary/aromatic N) is 4. The highest BCUT2D eigenvalue weighted by molar-refractivity contribution is 8.00. The Kier molecular flexibility index (Phi) is 16.3. The number of methoxy groups -OCH3 is 2. The van der Waals surface area contributed by atoms with Crippen molar-refractivity contribution in [2.75, 3.05) is 52.7 Å². The van der Waals surface area contributed by atoms with E-state index in [4.69, 9.17) is 56.1 Å². The van der Waals surface area contributed by atoms with Gasteiger partial charge in [0.15, 0.2) is 23.0 Å². The van der Waals surface area contributed by atoms with E-state index in [1.165, 1.54) is 28.0 Å². The van der Waals surface area contributed by atoms with Crippen LogP contribution in [0.5, 0.6) is 23.0 Å². The Morgan fingerprint density at radius 1 is 0.915 bits per heavy atom. The van der Waals surface area contributed by atoms with E-state index >= 15 is 0 Å². The fourth-order valence-electron chi connectivity index (χ4n) is 9.16. The van der Waals surface area contributed by atoms with Crippen LogP contribution in [0.2, 0.25) is 5.02 Å². The standard InChI is InChI=1S/C49H50B2ClN5O12S2/c1-29-54-37(28-70-29)41(55-69-49(17-6-18-49)48(62)68-51)38(58)23-36-45(60)56-42(47(61)67-50)32(27-71-46(36)56)24-57(20-4-5-21-57)22-19-53-44(59)35-15-16-39(65-25-30-7-11-33(63-2)12-8-30)43(40(35)52)66-26-31-9-13-34(64-3)14-10-31/h7-16,28,36,46H,4-6,17-27H2,1-3H3/p+1/b55-41-/t36-,46-/m1/s1. The molecule has 1 N–H and O–H groups in total. The van der Waals surface area contributed by atoms with Gasteiger partial charge in [0.1, 0.15) is 42.6 Å². The lowest BCUT2D eigenvalue weighted by atomic mass is 9.80. The molecule has 4 radical (unpaired) electrons. The number of quaternary nitrogens is 1. The number of aromatic nitrogens is 1. The average Bonchev–Trinajstić information content (AvgIpc) is 4.03. The molecule has 8 rings (SSSR count). The molecule has 4 heterocycles. The van der Waals surface area contributed by atoms with E-state index in [2.05, 4.69) is 20.1 Å². The van der Waals surface area contributed by atoms with Gasteiger partial charge < -0.3 is 42.9 Å². The number of likely N-dealkylation sites (tertiary alicyclic amines) is 1. The second kappa shape index (κ2) is 22.6. The first-order chi connectivity index (χ1) is 34.3. The summed E-state index contributed by atoms with van der Waals surface area (Å²) < 4.78 is 32.8. The maximum Gasteiger partial charge on any atom is 0.378 e. The fraction of sp³-hybridized carbons (Fsp3) is 0.408. The van der Waals surface area contributed by atoms with E-state index in [1.54, 1.807) is 38.7 Å². The summed E-state index contributed by atoms with van der Waals surface area (Å²) in [5, 5.41) is 8.99. The highest BCUT2D eigenvalue weighted by atomic mass is 35.5. The van der Waals surface area contributed by atoms with Gasteiger partial charge in [0.2, 0.25) is 11.5 Å². The molecule has 1 aromatic heterocycles. The maximum atomic E-state index is 14.0. The van der Waals surface area contributed by atoms with Gasteiger partial charge >= 0.3 is 28.0 Å². The Balaban J connectivity index is 0.949. The predicted octanol–water partition coefficient (Wildman–Crippen LogP) is 5.96. The maximum absolute atomic E-state index is 14.0. The molecule has 4 aromatic rings. The van der Waals surface area contributed by atoms with Crippen molar-refractivity contribution >= 4 is 86.0 Å². The van der Waals surface area contributed by atoms with Crippen LogP contribution >= 0.6 is 34.7 Å². The number of β-lactam (4-membered cyclic amide) rings is 1. The molecule has 22 heteroatoms. The van der Waals surface area contributed by atoms with Gasteiger partial charge in [-0.15, -0.1) is 23.1 Å². The topological polar surface area (TPSA) is 190 Å². The number of rotatable bonds is 22. The molecule has 4 aliphatic rings. The van der Waals surface area contributed by atoms with E-state index in [9.17, 15) is 24.0 Å². The lowest BCUT2D eigenvalue weighted by molar-refractivity contribution is -0.911. The summed E-state index contributed by atoms with van der Waals surface area (Å²) in [6.07, 6.45) is 2.85. The zero-order chi connectivity index (χ0) is 50.3. The predicted molar refractivity (Wildman–Crippen MR) is 265 cm³/mol. The van der Waals surface area contributed by atoms with Gasteiger partial charge in [-0.1, -0.05) is 41.0 Å². The molecular formula is C49H51B2ClN5O12S2+. The fourth-order valence-corrected chi connectivity index (χ4v) is 11.5. The van der Waals surface area contributed by atoms with Crippen LogP contribution in [0.4, 0.5) is 0 Å². The molecule has 2 atom stereocenters. The molecule has 1 saturated carbocycles. The molecule has 2 amide bonds. The van der Waals surface area contributed by atoms with Crippen LogP contribution in [0.15, 0.2) is 82.5 Å². The minimum atomic E-state index is -1.42. The number of benzene rings is 3. The number of hydrogen-bond donors (Lipinski definition) is 1. The van der Waals surface area contributed by atoms with Gasteiger partial charge in [0, 0.05) is 48.8 Å². The van der Waals surface area contributed by atoms with Crippen LogP contribution < -0.4 is 24.3 Å². The van der Waals surface area contributed by atoms with Crippen LogP contribution in [0.3, 0.4) is 0 Å². The Morgan fingerprint density at radius 2 is 1.58 bits per heavy atom. The number of thiazole rings is 1. The zero-order valence-electron chi connectivity index (χ0n) is 39.4. The van der Waals surface area contributed by atoms with Crippen LogP contribution in [0.1, 0.15) is 70.7 Å². The van der Waals surface area contributed by atoms with E-state index in [-0.39, 0.29) is 59.6 Å². The van der Waals surface area contributed by atoms with Gasteiger partial charge in [0.25, 0.3) is 5.91 Å². The highest BCUT2D eigenvalue weighted by Crippen LogP contribution is 2.47. The van der Waals surface area contributed by atoms with Crippen molar-refractivity contribution in [1.29, 1.82) is 0 Å². The molecule has 0 spiro atoms.